The van der Waals surface area contributed by atoms with Crippen molar-refractivity contribution in [1.82, 2.24) is 10.3 Å². The Hall–Kier alpha value is -1.67. The molecule has 0 aliphatic carbocycles. The fourth-order valence-electron chi connectivity index (χ4n) is 2.52. The third-order valence-electron chi connectivity index (χ3n) is 3.37. The van der Waals surface area contributed by atoms with E-state index < -0.39 is 0 Å². The molecule has 1 aliphatic heterocycles. The van der Waals surface area contributed by atoms with Crippen molar-refractivity contribution in [2.24, 2.45) is 0 Å². The van der Waals surface area contributed by atoms with Crippen LogP contribution in [0.1, 0.15) is 28.3 Å². The summed E-state index contributed by atoms with van der Waals surface area (Å²) >= 11 is 0. The van der Waals surface area contributed by atoms with E-state index in [4.69, 9.17) is 0 Å². The molecule has 0 saturated carbocycles. The fourth-order valence-corrected chi connectivity index (χ4v) is 2.52. The molecule has 1 atom stereocenters. The zero-order valence-electron chi connectivity index (χ0n) is 9.98. The Labute approximate surface area is 102 Å². The lowest BCUT2D eigenvalue weighted by atomic mass is 9.89. The Morgan fingerprint density at radius 1 is 1.29 bits per heavy atom. The van der Waals surface area contributed by atoms with Crippen LogP contribution < -0.4 is 5.32 Å². The highest BCUT2D eigenvalue weighted by molar-refractivity contribution is 5.40. The first-order valence-electron chi connectivity index (χ1n) is 6.07. The van der Waals surface area contributed by atoms with Crippen molar-refractivity contribution in [2.75, 3.05) is 6.54 Å². The molecular weight excluding hydrogens is 208 g/mol. The molecule has 1 N–H and O–H groups in total. The standard InChI is InChI=1S/C15H16N2/c1-11-4-5-12-6-8-17-15(14(12)9-11)13-3-2-7-16-10-13/h2-5,7,9-10,15,17H,6,8H2,1H3. The summed E-state index contributed by atoms with van der Waals surface area (Å²) in [7, 11) is 0. The molecule has 0 fully saturated rings. The molecule has 0 saturated heterocycles. The second kappa shape index (κ2) is 4.30. The van der Waals surface area contributed by atoms with Crippen molar-refractivity contribution >= 4 is 0 Å². The summed E-state index contributed by atoms with van der Waals surface area (Å²) < 4.78 is 0. The molecule has 1 unspecified atom stereocenters. The summed E-state index contributed by atoms with van der Waals surface area (Å²) in [6.45, 7) is 3.19. The Balaban J connectivity index is 2.08. The maximum atomic E-state index is 4.22. The molecule has 2 aromatic rings. The van der Waals surface area contributed by atoms with E-state index in [0.29, 0.717) is 6.04 Å². The van der Waals surface area contributed by atoms with Crippen molar-refractivity contribution in [2.45, 2.75) is 19.4 Å². The molecule has 2 nitrogen and oxygen atoms in total. The maximum absolute atomic E-state index is 4.22. The minimum atomic E-state index is 0.298. The molecular formula is C15H16N2. The van der Waals surface area contributed by atoms with Gasteiger partial charge in [0.1, 0.15) is 0 Å². The van der Waals surface area contributed by atoms with Gasteiger partial charge in [-0.25, -0.2) is 0 Å². The molecule has 0 amide bonds. The molecule has 2 heteroatoms. The number of nitrogens with zero attached hydrogens (tertiary/aromatic N) is 1. The van der Waals surface area contributed by atoms with E-state index in [0.717, 1.165) is 13.0 Å². The van der Waals surface area contributed by atoms with Crippen LogP contribution in [0.2, 0.25) is 0 Å². The fraction of sp³-hybridized carbons (Fsp3) is 0.267. The van der Waals surface area contributed by atoms with E-state index in [1.54, 1.807) is 0 Å². The van der Waals surface area contributed by atoms with E-state index in [1.807, 2.05) is 18.5 Å². The SMILES string of the molecule is Cc1ccc2c(c1)C(c1cccnc1)NCC2. The van der Waals surface area contributed by atoms with Crippen molar-refractivity contribution in [1.29, 1.82) is 0 Å². The third kappa shape index (κ3) is 1.96. The molecule has 1 aromatic carbocycles. The second-order valence-corrected chi connectivity index (χ2v) is 4.63. The van der Waals surface area contributed by atoms with Gasteiger partial charge in [0.2, 0.25) is 0 Å². The smallest absolute Gasteiger partial charge is 0.0594 e. The van der Waals surface area contributed by atoms with Gasteiger partial charge in [0, 0.05) is 18.9 Å². The number of benzene rings is 1. The quantitative estimate of drug-likeness (QED) is 0.805. The maximum Gasteiger partial charge on any atom is 0.0594 e. The van der Waals surface area contributed by atoms with E-state index in [2.05, 4.69) is 41.5 Å². The van der Waals surface area contributed by atoms with Crippen LogP contribution in [0.3, 0.4) is 0 Å². The summed E-state index contributed by atoms with van der Waals surface area (Å²) in [6.07, 6.45) is 4.89. The van der Waals surface area contributed by atoms with Crippen molar-refractivity contribution < 1.29 is 0 Å². The first kappa shape index (κ1) is 10.5. The number of hydrogen-bond acceptors (Lipinski definition) is 2. The number of fused-ring (bicyclic) bond motifs is 1. The molecule has 0 radical (unpaired) electrons. The number of rotatable bonds is 1. The Morgan fingerprint density at radius 3 is 3.06 bits per heavy atom. The van der Waals surface area contributed by atoms with E-state index in [9.17, 15) is 0 Å². The van der Waals surface area contributed by atoms with Crippen molar-refractivity contribution in [3.8, 4) is 0 Å². The van der Waals surface area contributed by atoms with Gasteiger partial charge < -0.3 is 5.32 Å². The summed E-state index contributed by atoms with van der Waals surface area (Å²) in [6, 6.07) is 11.2. The van der Waals surface area contributed by atoms with E-state index >= 15 is 0 Å². The molecule has 17 heavy (non-hydrogen) atoms. The number of hydrogen-bond donors (Lipinski definition) is 1. The van der Waals surface area contributed by atoms with Gasteiger partial charge in [-0.2, -0.15) is 0 Å². The minimum absolute atomic E-state index is 0.298. The van der Waals surface area contributed by atoms with E-state index in [-0.39, 0.29) is 0 Å². The Bertz CT molecular complexity index is 520. The molecule has 86 valence electrons. The lowest BCUT2D eigenvalue weighted by Gasteiger charge is -2.27. The van der Waals surface area contributed by atoms with Crippen LogP contribution in [0.4, 0.5) is 0 Å². The zero-order valence-corrected chi connectivity index (χ0v) is 9.98. The van der Waals surface area contributed by atoms with Gasteiger partial charge in [0.15, 0.2) is 0 Å². The largest absolute Gasteiger partial charge is 0.306 e. The van der Waals surface area contributed by atoms with Gasteiger partial charge in [-0.15, -0.1) is 0 Å². The van der Waals surface area contributed by atoms with Gasteiger partial charge in [-0.3, -0.25) is 4.98 Å². The zero-order chi connectivity index (χ0) is 11.7. The van der Waals surface area contributed by atoms with Crippen LogP contribution in [0.25, 0.3) is 0 Å². The summed E-state index contributed by atoms with van der Waals surface area (Å²) in [4.78, 5) is 4.22. The van der Waals surface area contributed by atoms with Gasteiger partial charge in [0.25, 0.3) is 0 Å². The van der Waals surface area contributed by atoms with Gasteiger partial charge >= 0.3 is 0 Å². The van der Waals surface area contributed by atoms with Gasteiger partial charge in [-0.1, -0.05) is 29.8 Å². The molecule has 1 aliphatic rings. The highest BCUT2D eigenvalue weighted by atomic mass is 14.9. The average Bonchev–Trinajstić information content (AvgIpc) is 2.39. The van der Waals surface area contributed by atoms with E-state index in [1.165, 1.54) is 22.3 Å². The highest BCUT2D eigenvalue weighted by Gasteiger charge is 2.20. The topological polar surface area (TPSA) is 24.9 Å². The second-order valence-electron chi connectivity index (χ2n) is 4.63. The van der Waals surface area contributed by atoms with Crippen LogP contribution in [-0.2, 0) is 6.42 Å². The normalized spacial score (nSPS) is 18.8. The van der Waals surface area contributed by atoms with Gasteiger partial charge in [0.05, 0.1) is 6.04 Å². The lowest BCUT2D eigenvalue weighted by Crippen LogP contribution is -2.30. The summed E-state index contributed by atoms with van der Waals surface area (Å²) in [5.41, 5.74) is 5.44. The monoisotopic (exact) mass is 224 g/mol. The predicted molar refractivity (Wildman–Crippen MR) is 69.0 cm³/mol. The number of nitrogens with one attached hydrogen (secondary N) is 1. The minimum Gasteiger partial charge on any atom is -0.306 e. The highest BCUT2D eigenvalue weighted by Crippen LogP contribution is 2.28. The molecule has 0 bridgehead atoms. The molecule has 2 heterocycles. The molecule has 1 aromatic heterocycles. The molecule has 0 spiro atoms. The van der Waals surface area contributed by atoms with Crippen LogP contribution in [-0.4, -0.2) is 11.5 Å². The van der Waals surface area contributed by atoms with Crippen molar-refractivity contribution in [3.63, 3.8) is 0 Å². The van der Waals surface area contributed by atoms with Crippen molar-refractivity contribution in [3.05, 3.63) is 65.0 Å². The average molecular weight is 224 g/mol. The Morgan fingerprint density at radius 2 is 2.24 bits per heavy atom. The first-order chi connectivity index (χ1) is 8.34. The van der Waals surface area contributed by atoms with Crippen LogP contribution in [0, 0.1) is 6.92 Å². The number of aryl methyl sites for hydroxylation is 1. The van der Waals surface area contributed by atoms with Gasteiger partial charge in [-0.05, 0) is 36.1 Å². The third-order valence-corrected chi connectivity index (χ3v) is 3.37. The van der Waals surface area contributed by atoms with Crippen LogP contribution >= 0.6 is 0 Å². The summed E-state index contributed by atoms with van der Waals surface area (Å²) in [5.74, 6) is 0. The number of aromatic nitrogens is 1. The Kier molecular flexibility index (Phi) is 2.65. The van der Waals surface area contributed by atoms with Crippen LogP contribution in [0.15, 0.2) is 42.7 Å². The predicted octanol–water partition coefficient (Wildman–Crippen LogP) is 2.63. The van der Waals surface area contributed by atoms with Crippen LogP contribution in [0.5, 0.6) is 0 Å². The lowest BCUT2D eigenvalue weighted by molar-refractivity contribution is 0.566. The summed E-state index contributed by atoms with van der Waals surface area (Å²) in [5, 5.41) is 3.58. The number of pyridine rings is 1. The molecule has 3 rings (SSSR count). The first-order valence-corrected chi connectivity index (χ1v) is 6.07.